The Hall–Kier alpha value is -1.30. The molecule has 2 rings (SSSR count). The van der Waals surface area contributed by atoms with Gasteiger partial charge in [0.15, 0.2) is 0 Å². The first-order valence-corrected chi connectivity index (χ1v) is 4.73. The Morgan fingerprint density at radius 2 is 1.77 bits per heavy atom. The standard InChI is InChI=1S/C13H14/c1-10-3-6-12(7-4-10)13-8-5-11(2)9-13/h3-9,11H,1-2H3. The lowest BCUT2D eigenvalue weighted by molar-refractivity contribution is 0.959. The molecule has 0 amide bonds. The van der Waals surface area contributed by atoms with Crippen LogP contribution in [0.5, 0.6) is 0 Å². The summed E-state index contributed by atoms with van der Waals surface area (Å²) in [5, 5.41) is 0. The molecule has 0 saturated heterocycles. The summed E-state index contributed by atoms with van der Waals surface area (Å²) < 4.78 is 0. The van der Waals surface area contributed by atoms with Crippen LogP contribution in [0.15, 0.2) is 42.5 Å². The van der Waals surface area contributed by atoms with E-state index in [1.165, 1.54) is 16.7 Å². The van der Waals surface area contributed by atoms with Crippen LogP contribution >= 0.6 is 0 Å². The summed E-state index contributed by atoms with van der Waals surface area (Å²) >= 11 is 0. The number of allylic oxidation sites excluding steroid dienone is 4. The quantitative estimate of drug-likeness (QED) is 0.604. The van der Waals surface area contributed by atoms with Crippen LogP contribution in [0.4, 0.5) is 0 Å². The van der Waals surface area contributed by atoms with Gasteiger partial charge < -0.3 is 0 Å². The van der Waals surface area contributed by atoms with Crippen LogP contribution in [0.2, 0.25) is 0 Å². The van der Waals surface area contributed by atoms with Crippen molar-refractivity contribution in [1.29, 1.82) is 0 Å². The topological polar surface area (TPSA) is 0 Å². The van der Waals surface area contributed by atoms with Gasteiger partial charge in [0, 0.05) is 0 Å². The summed E-state index contributed by atoms with van der Waals surface area (Å²) in [7, 11) is 0. The Labute approximate surface area is 79.6 Å². The highest BCUT2D eigenvalue weighted by molar-refractivity contribution is 5.76. The van der Waals surface area contributed by atoms with E-state index in [0.29, 0.717) is 5.92 Å². The van der Waals surface area contributed by atoms with Gasteiger partial charge in [0.25, 0.3) is 0 Å². The fourth-order valence-corrected chi connectivity index (χ4v) is 1.59. The summed E-state index contributed by atoms with van der Waals surface area (Å²) in [5.74, 6) is 0.594. The van der Waals surface area contributed by atoms with Crippen LogP contribution in [0.1, 0.15) is 18.1 Å². The second kappa shape index (κ2) is 3.21. The summed E-state index contributed by atoms with van der Waals surface area (Å²) in [5.41, 5.74) is 4.00. The first-order chi connectivity index (χ1) is 6.25. The van der Waals surface area contributed by atoms with Gasteiger partial charge >= 0.3 is 0 Å². The van der Waals surface area contributed by atoms with Crippen molar-refractivity contribution in [2.75, 3.05) is 0 Å². The van der Waals surface area contributed by atoms with E-state index in [4.69, 9.17) is 0 Å². The largest absolute Gasteiger partial charge is 0.0773 e. The Morgan fingerprint density at radius 1 is 1.08 bits per heavy atom. The van der Waals surface area contributed by atoms with Gasteiger partial charge in [0.05, 0.1) is 0 Å². The number of rotatable bonds is 1. The zero-order chi connectivity index (χ0) is 9.26. The van der Waals surface area contributed by atoms with Gasteiger partial charge in [-0.3, -0.25) is 0 Å². The van der Waals surface area contributed by atoms with Crippen molar-refractivity contribution in [1.82, 2.24) is 0 Å². The molecule has 0 aromatic heterocycles. The first-order valence-electron chi connectivity index (χ1n) is 4.73. The molecule has 0 nitrogen and oxygen atoms in total. The van der Waals surface area contributed by atoms with Crippen molar-refractivity contribution in [2.45, 2.75) is 13.8 Å². The van der Waals surface area contributed by atoms with E-state index in [0.717, 1.165) is 0 Å². The highest BCUT2D eigenvalue weighted by Gasteiger charge is 2.05. The van der Waals surface area contributed by atoms with Gasteiger partial charge in [-0.1, -0.05) is 55.0 Å². The molecule has 1 aliphatic rings. The van der Waals surface area contributed by atoms with E-state index in [-0.39, 0.29) is 0 Å². The maximum Gasteiger partial charge on any atom is -0.00693 e. The van der Waals surface area contributed by atoms with Gasteiger partial charge in [-0.15, -0.1) is 0 Å². The smallest absolute Gasteiger partial charge is 0.00693 e. The average molecular weight is 170 g/mol. The Kier molecular flexibility index (Phi) is 2.05. The minimum atomic E-state index is 0.594. The van der Waals surface area contributed by atoms with E-state index < -0.39 is 0 Å². The fourth-order valence-electron chi connectivity index (χ4n) is 1.59. The predicted molar refractivity (Wildman–Crippen MR) is 57.5 cm³/mol. The summed E-state index contributed by atoms with van der Waals surface area (Å²) in [6.07, 6.45) is 6.73. The summed E-state index contributed by atoms with van der Waals surface area (Å²) in [4.78, 5) is 0. The lowest BCUT2D eigenvalue weighted by Gasteiger charge is -2.00. The molecule has 66 valence electrons. The van der Waals surface area contributed by atoms with E-state index in [2.05, 4.69) is 56.3 Å². The van der Waals surface area contributed by atoms with Crippen LogP contribution < -0.4 is 0 Å². The van der Waals surface area contributed by atoms with Crippen molar-refractivity contribution < 1.29 is 0 Å². The molecule has 0 bridgehead atoms. The Balaban J connectivity index is 2.32. The lowest BCUT2D eigenvalue weighted by Crippen LogP contribution is -1.80. The van der Waals surface area contributed by atoms with Gasteiger partial charge in [-0.05, 0) is 24.0 Å². The van der Waals surface area contributed by atoms with Crippen molar-refractivity contribution in [2.24, 2.45) is 5.92 Å². The molecule has 1 unspecified atom stereocenters. The van der Waals surface area contributed by atoms with Crippen molar-refractivity contribution in [3.63, 3.8) is 0 Å². The molecule has 0 saturated carbocycles. The normalized spacial score (nSPS) is 20.5. The molecule has 1 aromatic carbocycles. The zero-order valence-electron chi connectivity index (χ0n) is 8.12. The number of benzene rings is 1. The maximum atomic E-state index is 2.30. The molecular formula is C13H14. The summed E-state index contributed by atoms with van der Waals surface area (Å²) in [6, 6.07) is 8.69. The molecule has 0 fully saturated rings. The molecule has 0 heterocycles. The second-order valence-electron chi connectivity index (χ2n) is 3.71. The van der Waals surface area contributed by atoms with Crippen molar-refractivity contribution in [3.05, 3.63) is 53.6 Å². The van der Waals surface area contributed by atoms with Gasteiger partial charge in [0.1, 0.15) is 0 Å². The predicted octanol–water partition coefficient (Wildman–Crippen LogP) is 3.58. The van der Waals surface area contributed by atoms with Crippen LogP contribution in [0, 0.1) is 12.8 Å². The monoisotopic (exact) mass is 170 g/mol. The molecule has 1 aromatic rings. The van der Waals surface area contributed by atoms with Crippen LogP contribution in [0.3, 0.4) is 0 Å². The molecule has 0 heteroatoms. The lowest BCUT2D eigenvalue weighted by atomic mass is 10.1. The van der Waals surface area contributed by atoms with E-state index >= 15 is 0 Å². The number of hydrogen-bond donors (Lipinski definition) is 0. The third kappa shape index (κ3) is 1.72. The average Bonchev–Trinajstić information content (AvgIpc) is 2.53. The Morgan fingerprint density at radius 3 is 2.31 bits per heavy atom. The first kappa shape index (κ1) is 8.31. The molecule has 0 spiro atoms. The molecule has 0 radical (unpaired) electrons. The van der Waals surface area contributed by atoms with Gasteiger partial charge in [-0.25, -0.2) is 0 Å². The molecule has 0 N–H and O–H groups in total. The number of hydrogen-bond acceptors (Lipinski definition) is 0. The van der Waals surface area contributed by atoms with Crippen LogP contribution in [0.25, 0.3) is 5.57 Å². The third-order valence-corrected chi connectivity index (χ3v) is 2.41. The van der Waals surface area contributed by atoms with E-state index in [1.807, 2.05) is 0 Å². The van der Waals surface area contributed by atoms with Gasteiger partial charge in [0.2, 0.25) is 0 Å². The summed E-state index contributed by atoms with van der Waals surface area (Å²) in [6.45, 7) is 4.32. The fraction of sp³-hybridized carbons (Fsp3) is 0.231. The highest BCUT2D eigenvalue weighted by atomic mass is 14.1. The second-order valence-corrected chi connectivity index (χ2v) is 3.71. The zero-order valence-corrected chi connectivity index (χ0v) is 8.12. The van der Waals surface area contributed by atoms with Crippen molar-refractivity contribution >= 4 is 5.57 Å². The molecule has 13 heavy (non-hydrogen) atoms. The van der Waals surface area contributed by atoms with Crippen molar-refractivity contribution in [3.8, 4) is 0 Å². The van der Waals surface area contributed by atoms with Crippen LogP contribution in [-0.4, -0.2) is 0 Å². The molecule has 0 aliphatic heterocycles. The maximum absolute atomic E-state index is 2.30. The molecule has 1 aliphatic carbocycles. The molecular weight excluding hydrogens is 156 g/mol. The number of aryl methyl sites for hydroxylation is 1. The Bertz CT molecular complexity index is 352. The van der Waals surface area contributed by atoms with E-state index in [1.54, 1.807) is 0 Å². The minimum Gasteiger partial charge on any atom is -0.0773 e. The van der Waals surface area contributed by atoms with Gasteiger partial charge in [-0.2, -0.15) is 0 Å². The SMILES string of the molecule is Cc1ccc(C2=CC(C)C=C2)cc1. The third-order valence-electron chi connectivity index (χ3n) is 2.41. The highest BCUT2D eigenvalue weighted by Crippen LogP contribution is 2.24. The van der Waals surface area contributed by atoms with E-state index in [9.17, 15) is 0 Å². The minimum absolute atomic E-state index is 0.594. The van der Waals surface area contributed by atoms with Crippen LogP contribution in [-0.2, 0) is 0 Å². The molecule has 1 atom stereocenters.